The smallest absolute Gasteiger partial charge is 0.0839 e. The summed E-state index contributed by atoms with van der Waals surface area (Å²) in [6, 6.07) is 18.6. The number of hydrogen-bond acceptors (Lipinski definition) is 2. The average molecular weight is 237 g/mol. The summed E-state index contributed by atoms with van der Waals surface area (Å²) < 4.78 is 2.02. The molecule has 1 aromatic heterocycles. The van der Waals surface area contributed by atoms with Crippen molar-refractivity contribution in [1.29, 1.82) is 0 Å². The third-order valence-electron chi connectivity index (χ3n) is 3.10. The van der Waals surface area contributed by atoms with Crippen LogP contribution in [0.15, 0.2) is 54.6 Å². The van der Waals surface area contributed by atoms with Gasteiger partial charge in [-0.25, -0.2) is 0 Å². The summed E-state index contributed by atoms with van der Waals surface area (Å²) >= 11 is 0. The molecule has 0 aliphatic carbocycles. The highest BCUT2D eigenvalue weighted by atomic mass is 15.3. The highest BCUT2D eigenvalue weighted by molar-refractivity contribution is 5.81. The van der Waals surface area contributed by atoms with E-state index in [-0.39, 0.29) is 0 Å². The maximum atomic E-state index is 5.75. The van der Waals surface area contributed by atoms with Crippen molar-refractivity contribution in [3.8, 4) is 0 Å². The minimum Gasteiger partial charge on any atom is -0.325 e. The van der Waals surface area contributed by atoms with Gasteiger partial charge in [0.1, 0.15) is 0 Å². The van der Waals surface area contributed by atoms with E-state index in [0.29, 0.717) is 6.54 Å². The van der Waals surface area contributed by atoms with Gasteiger partial charge in [-0.05, 0) is 11.6 Å². The Balaban J connectivity index is 2.07. The molecule has 0 saturated heterocycles. The number of hydrogen-bond donors (Lipinski definition) is 1. The summed E-state index contributed by atoms with van der Waals surface area (Å²) in [7, 11) is 0. The normalized spacial score (nSPS) is 10.9. The number of fused-ring (bicyclic) bond motifs is 1. The highest BCUT2D eigenvalue weighted by Gasteiger charge is 2.08. The SMILES string of the molecule is NCc1nn(Cc2ccccc2)c2ccccc12. The van der Waals surface area contributed by atoms with E-state index >= 15 is 0 Å². The van der Waals surface area contributed by atoms with Gasteiger partial charge in [0.05, 0.1) is 17.8 Å². The van der Waals surface area contributed by atoms with Gasteiger partial charge in [0.15, 0.2) is 0 Å². The minimum atomic E-state index is 0.475. The molecule has 3 heteroatoms. The lowest BCUT2D eigenvalue weighted by Crippen LogP contribution is -2.03. The number of aromatic nitrogens is 2. The molecule has 0 saturated carbocycles. The summed E-state index contributed by atoms with van der Waals surface area (Å²) in [5.41, 5.74) is 9.09. The zero-order valence-corrected chi connectivity index (χ0v) is 10.1. The van der Waals surface area contributed by atoms with Crippen molar-refractivity contribution in [2.24, 2.45) is 5.73 Å². The van der Waals surface area contributed by atoms with Gasteiger partial charge in [0.25, 0.3) is 0 Å². The molecule has 18 heavy (non-hydrogen) atoms. The largest absolute Gasteiger partial charge is 0.325 e. The minimum absolute atomic E-state index is 0.475. The Kier molecular flexibility index (Phi) is 2.82. The highest BCUT2D eigenvalue weighted by Crippen LogP contribution is 2.19. The molecule has 0 atom stereocenters. The lowest BCUT2D eigenvalue weighted by molar-refractivity contribution is 0.694. The first-order valence-electron chi connectivity index (χ1n) is 6.07. The monoisotopic (exact) mass is 237 g/mol. The molecule has 0 fully saturated rings. The summed E-state index contributed by atoms with van der Waals surface area (Å²) in [4.78, 5) is 0. The molecule has 0 aliphatic rings. The second-order valence-corrected chi connectivity index (χ2v) is 4.31. The van der Waals surface area contributed by atoms with Crippen LogP contribution in [0.2, 0.25) is 0 Å². The van der Waals surface area contributed by atoms with Gasteiger partial charge in [-0.2, -0.15) is 5.10 Å². The van der Waals surface area contributed by atoms with Crippen LogP contribution in [0.5, 0.6) is 0 Å². The first-order valence-corrected chi connectivity index (χ1v) is 6.07. The number of rotatable bonds is 3. The Morgan fingerprint density at radius 1 is 0.944 bits per heavy atom. The Morgan fingerprint density at radius 2 is 1.67 bits per heavy atom. The second-order valence-electron chi connectivity index (χ2n) is 4.31. The summed E-state index contributed by atoms with van der Waals surface area (Å²) in [5, 5.41) is 5.74. The van der Waals surface area contributed by atoms with Crippen LogP contribution in [0.25, 0.3) is 10.9 Å². The van der Waals surface area contributed by atoms with Crippen molar-refractivity contribution in [3.63, 3.8) is 0 Å². The van der Waals surface area contributed by atoms with Crippen LogP contribution in [0.1, 0.15) is 11.3 Å². The van der Waals surface area contributed by atoms with Crippen molar-refractivity contribution in [1.82, 2.24) is 9.78 Å². The zero-order valence-electron chi connectivity index (χ0n) is 10.1. The van der Waals surface area contributed by atoms with Crippen molar-refractivity contribution in [2.75, 3.05) is 0 Å². The zero-order chi connectivity index (χ0) is 12.4. The average Bonchev–Trinajstić information content (AvgIpc) is 2.78. The third kappa shape index (κ3) is 1.89. The van der Waals surface area contributed by atoms with Gasteiger partial charge in [-0.3, -0.25) is 4.68 Å². The molecule has 3 aromatic rings. The molecule has 2 N–H and O–H groups in total. The van der Waals surface area contributed by atoms with Crippen LogP contribution in [-0.4, -0.2) is 9.78 Å². The molecule has 3 nitrogen and oxygen atoms in total. The molecule has 0 amide bonds. The van der Waals surface area contributed by atoms with Gasteiger partial charge in [-0.1, -0.05) is 48.5 Å². The Hall–Kier alpha value is -2.13. The molecule has 2 aromatic carbocycles. The van der Waals surface area contributed by atoms with Gasteiger partial charge in [0, 0.05) is 11.9 Å². The lowest BCUT2D eigenvalue weighted by atomic mass is 10.2. The van der Waals surface area contributed by atoms with E-state index in [1.54, 1.807) is 0 Å². The molecule has 1 heterocycles. The molecule has 0 spiro atoms. The van der Waals surface area contributed by atoms with Crippen LogP contribution in [0.3, 0.4) is 0 Å². The van der Waals surface area contributed by atoms with Gasteiger partial charge >= 0.3 is 0 Å². The first-order chi connectivity index (χ1) is 8.88. The number of nitrogens with two attached hydrogens (primary N) is 1. The number of benzene rings is 2. The molecular formula is C15H15N3. The van der Waals surface area contributed by atoms with E-state index in [9.17, 15) is 0 Å². The molecule has 3 rings (SSSR count). The molecule has 0 aliphatic heterocycles. The molecule has 0 unspecified atom stereocenters. The van der Waals surface area contributed by atoms with Gasteiger partial charge in [0.2, 0.25) is 0 Å². The third-order valence-corrected chi connectivity index (χ3v) is 3.10. The van der Waals surface area contributed by atoms with Crippen LogP contribution < -0.4 is 5.73 Å². The quantitative estimate of drug-likeness (QED) is 0.760. The van der Waals surface area contributed by atoms with E-state index in [2.05, 4.69) is 29.4 Å². The van der Waals surface area contributed by atoms with Crippen LogP contribution in [0, 0.1) is 0 Å². The fourth-order valence-corrected chi connectivity index (χ4v) is 2.22. The van der Waals surface area contributed by atoms with Gasteiger partial charge in [-0.15, -0.1) is 0 Å². The van der Waals surface area contributed by atoms with Gasteiger partial charge < -0.3 is 5.73 Å². The lowest BCUT2D eigenvalue weighted by Gasteiger charge is -2.03. The molecular weight excluding hydrogens is 222 g/mol. The fraction of sp³-hybridized carbons (Fsp3) is 0.133. The maximum Gasteiger partial charge on any atom is 0.0839 e. The summed E-state index contributed by atoms with van der Waals surface area (Å²) in [6.45, 7) is 1.25. The maximum absolute atomic E-state index is 5.75. The number of nitrogens with zero attached hydrogens (tertiary/aromatic N) is 2. The predicted molar refractivity (Wildman–Crippen MR) is 73.2 cm³/mol. The van der Waals surface area contributed by atoms with E-state index < -0.39 is 0 Å². The van der Waals surface area contributed by atoms with Crippen LogP contribution in [0.4, 0.5) is 0 Å². The van der Waals surface area contributed by atoms with Crippen LogP contribution in [-0.2, 0) is 13.1 Å². The van der Waals surface area contributed by atoms with Crippen molar-refractivity contribution >= 4 is 10.9 Å². The topological polar surface area (TPSA) is 43.8 Å². The van der Waals surface area contributed by atoms with E-state index in [4.69, 9.17) is 5.73 Å². The fourth-order valence-electron chi connectivity index (χ4n) is 2.22. The Labute approximate surface area is 106 Å². The predicted octanol–water partition coefficient (Wildman–Crippen LogP) is 2.54. The molecule has 0 radical (unpaired) electrons. The van der Waals surface area contributed by atoms with E-state index in [1.165, 1.54) is 5.56 Å². The first kappa shape index (κ1) is 11.0. The van der Waals surface area contributed by atoms with Crippen molar-refractivity contribution in [2.45, 2.75) is 13.1 Å². The second kappa shape index (κ2) is 4.63. The number of para-hydroxylation sites is 1. The van der Waals surface area contributed by atoms with E-state index in [1.807, 2.05) is 35.0 Å². The van der Waals surface area contributed by atoms with E-state index in [0.717, 1.165) is 23.1 Å². The Bertz CT molecular complexity index is 656. The summed E-state index contributed by atoms with van der Waals surface area (Å²) in [5.74, 6) is 0. The molecule has 90 valence electrons. The van der Waals surface area contributed by atoms with Crippen molar-refractivity contribution in [3.05, 3.63) is 65.9 Å². The summed E-state index contributed by atoms with van der Waals surface area (Å²) in [6.07, 6.45) is 0. The van der Waals surface area contributed by atoms with Crippen molar-refractivity contribution < 1.29 is 0 Å². The Morgan fingerprint density at radius 3 is 2.44 bits per heavy atom. The van der Waals surface area contributed by atoms with Crippen LogP contribution >= 0.6 is 0 Å². The molecule has 0 bridgehead atoms. The standard InChI is InChI=1S/C15H15N3/c16-10-14-13-8-4-5-9-15(13)18(17-14)11-12-6-2-1-3-7-12/h1-9H,10-11,16H2.